The van der Waals surface area contributed by atoms with Gasteiger partial charge in [0, 0.05) is 5.92 Å². The Morgan fingerprint density at radius 1 is 1.00 bits per heavy atom. The van der Waals surface area contributed by atoms with Gasteiger partial charge in [0.1, 0.15) is 0 Å². The number of alkyl halides is 1. The van der Waals surface area contributed by atoms with Crippen molar-refractivity contribution in [2.75, 3.05) is 13.2 Å². The van der Waals surface area contributed by atoms with Crippen molar-refractivity contribution >= 4 is 11.6 Å². The maximum Gasteiger partial charge on any atom is 0.161 e. The molecule has 1 heterocycles. The van der Waals surface area contributed by atoms with Gasteiger partial charge in [-0.2, -0.15) is 0 Å². The van der Waals surface area contributed by atoms with E-state index in [1.54, 1.807) is 0 Å². The van der Waals surface area contributed by atoms with Crippen LogP contribution in [0.3, 0.4) is 0 Å². The lowest BCUT2D eigenvalue weighted by atomic mass is 9.83. The van der Waals surface area contributed by atoms with Crippen LogP contribution in [0.25, 0.3) is 0 Å². The summed E-state index contributed by atoms with van der Waals surface area (Å²) < 4.78 is 11.7. The second-order valence-electron chi connectivity index (χ2n) is 5.60. The molecule has 0 spiro atoms. The van der Waals surface area contributed by atoms with Gasteiger partial charge in [0.25, 0.3) is 0 Å². The minimum absolute atomic E-state index is 0.116. The molecule has 1 aromatic carbocycles. The minimum atomic E-state index is 0.116. The predicted molar refractivity (Wildman–Crippen MR) is 72.8 cm³/mol. The van der Waals surface area contributed by atoms with Crippen molar-refractivity contribution in [2.45, 2.75) is 38.0 Å². The minimum Gasteiger partial charge on any atom is -0.489 e. The predicted octanol–water partition coefficient (Wildman–Crippen LogP) is 4.27. The summed E-state index contributed by atoms with van der Waals surface area (Å²) in [5, 5.41) is 0.116. The molecule has 0 fully saturated rings. The normalized spacial score (nSPS) is 30.5. The standard InChI is InChI=1S/C15H19ClO2/c1-9-7-17-14-5-11-10(2)3-4-13(16)12(11)6-15(14)18-8-9/h5-6,9-10,13H,3-4,7-8H2,1-2H3. The van der Waals surface area contributed by atoms with Crippen LogP contribution in [-0.2, 0) is 0 Å². The van der Waals surface area contributed by atoms with E-state index in [1.165, 1.54) is 11.1 Å². The molecule has 0 saturated carbocycles. The summed E-state index contributed by atoms with van der Waals surface area (Å²) in [7, 11) is 0. The first-order chi connectivity index (χ1) is 8.65. The van der Waals surface area contributed by atoms with Gasteiger partial charge in [-0.05, 0) is 42.0 Å². The molecule has 3 heteroatoms. The van der Waals surface area contributed by atoms with Crippen LogP contribution < -0.4 is 9.47 Å². The highest BCUT2D eigenvalue weighted by Crippen LogP contribution is 2.45. The van der Waals surface area contributed by atoms with Gasteiger partial charge in [-0.1, -0.05) is 13.8 Å². The van der Waals surface area contributed by atoms with Crippen molar-refractivity contribution in [3.8, 4) is 11.5 Å². The second-order valence-corrected chi connectivity index (χ2v) is 6.13. The van der Waals surface area contributed by atoms with Gasteiger partial charge in [0.2, 0.25) is 0 Å². The molecule has 1 aliphatic heterocycles. The summed E-state index contributed by atoms with van der Waals surface area (Å²) in [5.74, 6) is 2.73. The lowest BCUT2D eigenvalue weighted by Gasteiger charge is -2.27. The Hall–Kier alpha value is -0.890. The Labute approximate surface area is 113 Å². The van der Waals surface area contributed by atoms with Gasteiger partial charge >= 0.3 is 0 Å². The Balaban J connectivity index is 2.04. The third-order valence-corrected chi connectivity index (χ3v) is 4.37. The number of halogens is 1. The van der Waals surface area contributed by atoms with Crippen LogP contribution in [0.4, 0.5) is 0 Å². The molecule has 0 amide bonds. The van der Waals surface area contributed by atoms with Crippen LogP contribution >= 0.6 is 11.6 Å². The van der Waals surface area contributed by atoms with Crippen molar-refractivity contribution in [3.05, 3.63) is 23.3 Å². The SMILES string of the molecule is CC1COc2cc3c(cc2OC1)C(Cl)CCC3C. The Morgan fingerprint density at radius 3 is 2.28 bits per heavy atom. The Bertz CT molecular complexity index is 417. The number of hydrogen-bond donors (Lipinski definition) is 0. The highest BCUT2D eigenvalue weighted by molar-refractivity contribution is 6.21. The fraction of sp³-hybridized carbons (Fsp3) is 0.600. The average Bonchev–Trinajstić information content (AvgIpc) is 2.55. The molecule has 98 valence electrons. The van der Waals surface area contributed by atoms with Crippen LogP contribution in [0.15, 0.2) is 12.1 Å². The first-order valence-corrected chi connectivity index (χ1v) is 7.16. The zero-order valence-electron chi connectivity index (χ0n) is 10.9. The topological polar surface area (TPSA) is 18.5 Å². The molecular weight excluding hydrogens is 248 g/mol. The maximum atomic E-state index is 6.43. The molecule has 3 atom stereocenters. The van der Waals surface area contributed by atoms with E-state index in [2.05, 4.69) is 26.0 Å². The molecule has 0 radical (unpaired) electrons. The van der Waals surface area contributed by atoms with Crippen LogP contribution in [0.2, 0.25) is 0 Å². The smallest absolute Gasteiger partial charge is 0.161 e. The first-order valence-electron chi connectivity index (χ1n) is 6.72. The van der Waals surface area contributed by atoms with Gasteiger partial charge in [-0.25, -0.2) is 0 Å². The van der Waals surface area contributed by atoms with Crippen molar-refractivity contribution in [3.63, 3.8) is 0 Å². The number of benzene rings is 1. The molecule has 3 unspecified atom stereocenters. The third-order valence-electron chi connectivity index (χ3n) is 3.92. The number of rotatable bonds is 0. The maximum absolute atomic E-state index is 6.43. The summed E-state index contributed by atoms with van der Waals surface area (Å²) in [6.45, 7) is 5.84. The van der Waals surface area contributed by atoms with E-state index in [4.69, 9.17) is 21.1 Å². The van der Waals surface area contributed by atoms with E-state index in [0.717, 1.165) is 30.9 Å². The molecule has 0 aromatic heterocycles. The molecule has 1 aliphatic carbocycles. The quantitative estimate of drug-likeness (QED) is 0.653. The van der Waals surface area contributed by atoms with Gasteiger partial charge in [-0.15, -0.1) is 11.6 Å². The monoisotopic (exact) mass is 266 g/mol. The van der Waals surface area contributed by atoms with Crippen molar-refractivity contribution in [2.24, 2.45) is 5.92 Å². The summed E-state index contributed by atoms with van der Waals surface area (Å²) in [6.07, 6.45) is 2.20. The van der Waals surface area contributed by atoms with Crippen LogP contribution in [-0.4, -0.2) is 13.2 Å². The summed E-state index contributed by atoms with van der Waals surface area (Å²) >= 11 is 6.43. The van der Waals surface area contributed by atoms with Crippen molar-refractivity contribution in [1.82, 2.24) is 0 Å². The molecule has 2 nitrogen and oxygen atoms in total. The number of hydrogen-bond acceptors (Lipinski definition) is 2. The molecule has 1 aromatic rings. The zero-order chi connectivity index (χ0) is 12.7. The van der Waals surface area contributed by atoms with Gasteiger partial charge in [0.15, 0.2) is 11.5 Å². The number of ether oxygens (including phenoxy) is 2. The van der Waals surface area contributed by atoms with E-state index < -0.39 is 0 Å². The van der Waals surface area contributed by atoms with Crippen LogP contribution in [0, 0.1) is 5.92 Å². The van der Waals surface area contributed by atoms with E-state index in [1.807, 2.05) is 0 Å². The second kappa shape index (κ2) is 4.65. The van der Waals surface area contributed by atoms with Crippen molar-refractivity contribution < 1.29 is 9.47 Å². The fourth-order valence-electron chi connectivity index (χ4n) is 2.73. The highest BCUT2D eigenvalue weighted by Gasteiger charge is 2.27. The largest absolute Gasteiger partial charge is 0.489 e. The molecule has 0 bridgehead atoms. The molecular formula is C15H19ClO2. The van der Waals surface area contributed by atoms with Gasteiger partial charge < -0.3 is 9.47 Å². The van der Waals surface area contributed by atoms with Crippen molar-refractivity contribution in [1.29, 1.82) is 0 Å². The highest BCUT2D eigenvalue weighted by atomic mass is 35.5. The molecule has 3 rings (SSSR count). The van der Waals surface area contributed by atoms with Crippen LogP contribution in [0.1, 0.15) is 49.1 Å². The summed E-state index contributed by atoms with van der Waals surface area (Å²) in [5.41, 5.74) is 2.56. The summed E-state index contributed by atoms with van der Waals surface area (Å²) in [4.78, 5) is 0. The van der Waals surface area contributed by atoms with E-state index in [9.17, 15) is 0 Å². The molecule has 0 saturated heterocycles. The lowest BCUT2D eigenvalue weighted by molar-refractivity contribution is 0.228. The van der Waals surface area contributed by atoms with E-state index >= 15 is 0 Å². The summed E-state index contributed by atoms with van der Waals surface area (Å²) in [6, 6.07) is 4.23. The van der Waals surface area contributed by atoms with E-state index in [0.29, 0.717) is 18.4 Å². The van der Waals surface area contributed by atoms with Gasteiger partial charge in [-0.3, -0.25) is 0 Å². The number of fused-ring (bicyclic) bond motifs is 2. The van der Waals surface area contributed by atoms with E-state index in [-0.39, 0.29) is 5.38 Å². The fourth-order valence-corrected chi connectivity index (χ4v) is 3.05. The molecule has 2 aliphatic rings. The zero-order valence-corrected chi connectivity index (χ0v) is 11.7. The first kappa shape index (κ1) is 12.2. The van der Waals surface area contributed by atoms with Crippen LogP contribution in [0.5, 0.6) is 11.5 Å². The average molecular weight is 267 g/mol. The molecule has 0 N–H and O–H groups in total. The van der Waals surface area contributed by atoms with Gasteiger partial charge in [0.05, 0.1) is 18.6 Å². The lowest BCUT2D eigenvalue weighted by Crippen LogP contribution is -2.12. The Kier molecular flexibility index (Phi) is 3.14. The Morgan fingerprint density at radius 2 is 1.61 bits per heavy atom. The molecule has 18 heavy (non-hydrogen) atoms. The third kappa shape index (κ3) is 2.07.